The summed E-state index contributed by atoms with van der Waals surface area (Å²) in [6.07, 6.45) is 2.89. The van der Waals surface area contributed by atoms with Gasteiger partial charge in [0.2, 0.25) is 0 Å². The van der Waals surface area contributed by atoms with Gasteiger partial charge in [0.25, 0.3) is 0 Å². The molecule has 1 fully saturated rings. The van der Waals surface area contributed by atoms with Gasteiger partial charge >= 0.3 is 5.97 Å². The van der Waals surface area contributed by atoms with Gasteiger partial charge in [0.05, 0.1) is 23.7 Å². The molecule has 2 aromatic rings. The number of carbonyl (C=O) groups is 1. The third kappa shape index (κ3) is 10.9. The van der Waals surface area contributed by atoms with Crippen LogP contribution in [0.5, 0.6) is 5.75 Å². The predicted molar refractivity (Wildman–Crippen MR) is 178 cm³/mol. The van der Waals surface area contributed by atoms with Gasteiger partial charge in [-0.05, 0) is 69.1 Å². The summed E-state index contributed by atoms with van der Waals surface area (Å²) in [5.74, 6) is -2.53. The molecule has 1 saturated heterocycles. The summed E-state index contributed by atoms with van der Waals surface area (Å²) < 4.78 is 42.8. The number of hydrogen-bond acceptors (Lipinski definition) is 4. The van der Waals surface area contributed by atoms with E-state index in [-0.39, 0.29) is 62.3 Å². The first kappa shape index (κ1) is 47.0. The number of nitriles is 1. The normalized spacial score (nSPS) is 16.7. The van der Waals surface area contributed by atoms with Crippen molar-refractivity contribution in [1.29, 1.82) is 5.26 Å². The van der Waals surface area contributed by atoms with Crippen molar-refractivity contribution < 1.29 is 28.2 Å². The third-order valence-corrected chi connectivity index (χ3v) is 7.71. The van der Waals surface area contributed by atoms with Crippen molar-refractivity contribution >= 4 is 5.97 Å². The summed E-state index contributed by atoms with van der Waals surface area (Å²) >= 11 is 0. The highest BCUT2D eigenvalue weighted by Gasteiger charge is 2.45. The Kier molecular flexibility index (Phi) is 20.4. The number of hydrogen-bond donors (Lipinski definition) is 1. The molecule has 1 aliphatic heterocycles. The van der Waals surface area contributed by atoms with Crippen LogP contribution in [0, 0.1) is 28.4 Å². The van der Waals surface area contributed by atoms with Gasteiger partial charge in [-0.1, -0.05) is 77.5 Å². The summed E-state index contributed by atoms with van der Waals surface area (Å²) in [5.41, 5.74) is -1.66. The Hall–Kier alpha value is -2.98. The Bertz CT molecular complexity index is 1130. The molecule has 1 N–H and O–H groups in total. The Labute approximate surface area is 262 Å². The van der Waals surface area contributed by atoms with E-state index in [1.165, 1.54) is 12.1 Å². The van der Waals surface area contributed by atoms with E-state index in [9.17, 15) is 15.2 Å². The van der Waals surface area contributed by atoms with Crippen LogP contribution in [0.3, 0.4) is 0 Å². The summed E-state index contributed by atoms with van der Waals surface area (Å²) in [7, 11) is 0. The maximum atomic E-state index is 15.8. The lowest BCUT2D eigenvalue weighted by atomic mass is 9.60. The lowest BCUT2D eigenvalue weighted by molar-refractivity contribution is -0.148. The van der Waals surface area contributed by atoms with Gasteiger partial charge in [-0.3, -0.25) is 4.79 Å². The predicted octanol–water partition coefficient (Wildman–Crippen LogP) is 11.1. The minimum Gasteiger partial charge on any atom is -0.481 e. The monoisotopic (exact) mass is 609 g/mol. The van der Waals surface area contributed by atoms with Crippen LogP contribution in [0.1, 0.15) is 134 Å². The van der Waals surface area contributed by atoms with E-state index in [1.54, 1.807) is 32.9 Å². The molecule has 43 heavy (non-hydrogen) atoms. The Balaban J connectivity index is -0.00000127. The fourth-order valence-electron chi connectivity index (χ4n) is 5.68. The van der Waals surface area contributed by atoms with Crippen LogP contribution in [0.4, 0.5) is 8.78 Å². The van der Waals surface area contributed by atoms with E-state index >= 15 is 8.78 Å². The van der Waals surface area contributed by atoms with Gasteiger partial charge in [-0.2, -0.15) is 5.26 Å². The molecule has 0 bridgehead atoms. The van der Waals surface area contributed by atoms with Crippen LogP contribution in [0.25, 0.3) is 0 Å². The summed E-state index contributed by atoms with van der Waals surface area (Å²) in [6, 6.07) is 11.6. The van der Waals surface area contributed by atoms with Crippen molar-refractivity contribution in [1.82, 2.24) is 0 Å². The van der Waals surface area contributed by atoms with E-state index in [2.05, 4.69) is 6.07 Å². The second-order valence-electron chi connectivity index (χ2n) is 11.4. The maximum Gasteiger partial charge on any atom is 0.309 e. The van der Waals surface area contributed by atoms with Crippen molar-refractivity contribution in [3.05, 3.63) is 64.7 Å². The van der Waals surface area contributed by atoms with Crippen LogP contribution in [-0.2, 0) is 20.4 Å². The van der Waals surface area contributed by atoms with Gasteiger partial charge in [-0.15, -0.1) is 0 Å². The molecule has 248 valence electrons. The molecular weight excluding hydrogens is 548 g/mol. The number of ether oxygens (including phenoxy) is 2. The van der Waals surface area contributed by atoms with Crippen molar-refractivity contribution in [2.75, 3.05) is 6.61 Å². The Morgan fingerprint density at radius 2 is 1.49 bits per heavy atom. The average Bonchev–Trinajstić information content (AvgIpc) is 2.83. The lowest BCUT2D eigenvalue weighted by Gasteiger charge is -2.43. The lowest BCUT2D eigenvalue weighted by Crippen LogP contribution is -2.41. The van der Waals surface area contributed by atoms with Gasteiger partial charge in [0, 0.05) is 29.5 Å². The molecule has 1 heterocycles. The summed E-state index contributed by atoms with van der Waals surface area (Å²) in [6.45, 7) is 9.43. The highest BCUT2D eigenvalue weighted by Crippen LogP contribution is 2.49. The molecule has 2 aromatic carbocycles. The number of carboxylic acids is 1. The molecule has 7 heteroatoms. The molecule has 3 unspecified atom stereocenters. The first-order valence-electron chi connectivity index (χ1n) is 12.9. The Morgan fingerprint density at radius 1 is 0.953 bits per heavy atom. The van der Waals surface area contributed by atoms with Crippen molar-refractivity contribution in [3.8, 4) is 11.8 Å². The first-order chi connectivity index (χ1) is 17.3. The molecule has 0 saturated carbocycles. The number of carboxylic acid groups (broad SMARTS) is 1. The highest BCUT2D eigenvalue weighted by molar-refractivity contribution is 5.73. The molecule has 0 radical (unpaired) electrons. The van der Waals surface area contributed by atoms with Crippen LogP contribution in [-0.4, -0.2) is 24.0 Å². The topological polar surface area (TPSA) is 79.6 Å². The van der Waals surface area contributed by atoms with Crippen LogP contribution in [0.15, 0.2) is 36.4 Å². The minimum absolute atomic E-state index is 0. The standard InChI is InChI=1S/C30H37F2NO4.6CH4/c1-6-29(4,21-12-10-20(17-33)11-13-21)19-30(5,18-28(2,3)27(34)35)26-23(31)15-22(16-24(26)32)37-25-9-7-8-14-36-25;;;;;;/h10-13,15-16,25H,6-9,14,18-19H2,1-5H3,(H,34,35);6*1H4. The fourth-order valence-corrected chi connectivity index (χ4v) is 5.68. The maximum absolute atomic E-state index is 15.8. The quantitative estimate of drug-likeness (QED) is 0.290. The zero-order chi connectivity index (χ0) is 27.4. The van der Waals surface area contributed by atoms with Gasteiger partial charge in [0.15, 0.2) is 6.29 Å². The van der Waals surface area contributed by atoms with Crippen molar-refractivity contribution in [3.63, 3.8) is 0 Å². The molecule has 0 aliphatic carbocycles. The average molecular weight is 610 g/mol. The van der Waals surface area contributed by atoms with Gasteiger partial charge in [-0.25, -0.2) is 8.78 Å². The zero-order valence-electron chi connectivity index (χ0n) is 22.4. The summed E-state index contributed by atoms with van der Waals surface area (Å²) in [5, 5.41) is 19.1. The molecule has 0 spiro atoms. The zero-order valence-corrected chi connectivity index (χ0v) is 22.4. The fraction of sp³-hybridized carbons (Fsp3) is 0.611. The number of aliphatic carboxylic acids is 1. The van der Waals surface area contributed by atoms with Gasteiger partial charge in [0.1, 0.15) is 17.4 Å². The Morgan fingerprint density at radius 3 is 1.91 bits per heavy atom. The van der Waals surface area contributed by atoms with Crippen molar-refractivity contribution in [2.45, 2.75) is 135 Å². The van der Waals surface area contributed by atoms with Crippen LogP contribution in [0.2, 0.25) is 0 Å². The summed E-state index contributed by atoms with van der Waals surface area (Å²) in [4.78, 5) is 12.1. The van der Waals surface area contributed by atoms with E-state index in [4.69, 9.17) is 9.47 Å². The second-order valence-corrected chi connectivity index (χ2v) is 11.4. The number of benzene rings is 2. The minimum atomic E-state index is -1.24. The molecule has 3 atom stereocenters. The van der Waals surface area contributed by atoms with Crippen LogP contribution >= 0.6 is 0 Å². The number of rotatable bonds is 10. The molecule has 0 amide bonds. The largest absolute Gasteiger partial charge is 0.481 e. The number of halogens is 2. The smallest absolute Gasteiger partial charge is 0.309 e. The first-order valence-corrected chi connectivity index (χ1v) is 12.9. The molecule has 1 aliphatic rings. The SMILES string of the molecule is C.C.C.C.C.C.CCC(C)(CC(C)(CC(C)(C)C(=O)O)c1c(F)cc(OC2CCCCO2)cc1F)c1ccc(C#N)cc1. The van der Waals surface area contributed by atoms with Gasteiger partial charge < -0.3 is 14.6 Å². The van der Waals surface area contributed by atoms with E-state index in [1.807, 2.05) is 26.0 Å². The van der Waals surface area contributed by atoms with E-state index in [0.29, 0.717) is 31.4 Å². The molecule has 5 nitrogen and oxygen atoms in total. The molecule has 0 aromatic heterocycles. The number of nitrogens with zero attached hydrogens (tertiary/aromatic N) is 1. The van der Waals surface area contributed by atoms with Crippen LogP contribution < -0.4 is 4.74 Å². The highest BCUT2D eigenvalue weighted by atomic mass is 19.1. The van der Waals surface area contributed by atoms with E-state index in [0.717, 1.165) is 18.4 Å². The second kappa shape index (κ2) is 18.6. The molecular formula is C36H61F2NO4. The van der Waals surface area contributed by atoms with Crippen molar-refractivity contribution in [2.24, 2.45) is 5.41 Å². The third-order valence-electron chi connectivity index (χ3n) is 7.71. The molecule has 3 rings (SSSR count). The van der Waals surface area contributed by atoms with E-state index < -0.39 is 40.1 Å².